The smallest absolute Gasteiger partial charge is 0.00953 e. The summed E-state index contributed by atoms with van der Waals surface area (Å²) < 4.78 is 0. The molecule has 1 heteroatoms. The molecule has 1 fully saturated rings. The fraction of sp³-hybridized carbons (Fsp3) is 1.00. The summed E-state index contributed by atoms with van der Waals surface area (Å²) >= 11 is 0. The molecular formula is C15H31N. The van der Waals surface area contributed by atoms with Crippen molar-refractivity contribution < 1.29 is 0 Å². The molecule has 0 radical (unpaired) electrons. The number of nitrogens with one attached hydrogen (secondary N) is 1. The zero-order valence-corrected chi connectivity index (χ0v) is 11.6. The summed E-state index contributed by atoms with van der Waals surface area (Å²) in [6, 6.07) is 0.797. The second-order valence-corrected chi connectivity index (χ2v) is 5.89. The molecule has 0 aliphatic heterocycles. The van der Waals surface area contributed by atoms with E-state index in [4.69, 9.17) is 0 Å². The summed E-state index contributed by atoms with van der Waals surface area (Å²) in [7, 11) is 0. The van der Waals surface area contributed by atoms with Crippen LogP contribution >= 0.6 is 0 Å². The highest BCUT2D eigenvalue weighted by Crippen LogP contribution is 2.28. The van der Waals surface area contributed by atoms with Crippen LogP contribution in [0, 0.1) is 11.8 Å². The standard InChI is InChI=1S/C15H31N/c1-4-16-15(12-11-13(2)3)14-9-7-5-6-8-10-14/h13-16H,4-12H2,1-3H3. The fourth-order valence-electron chi connectivity index (χ4n) is 2.99. The van der Waals surface area contributed by atoms with Gasteiger partial charge in [-0.2, -0.15) is 0 Å². The van der Waals surface area contributed by atoms with E-state index >= 15 is 0 Å². The third-order valence-corrected chi connectivity index (χ3v) is 3.99. The van der Waals surface area contributed by atoms with Gasteiger partial charge >= 0.3 is 0 Å². The normalized spacial score (nSPS) is 21.0. The molecule has 1 saturated carbocycles. The molecular weight excluding hydrogens is 194 g/mol. The van der Waals surface area contributed by atoms with Gasteiger partial charge in [-0.25, -0.2) is 0 Å². The highest BCUT2D eigenvalue weighted by molar-refractivity contribution is 4.78. The van der Waals surface area contributed by atoms with Gasteiger partial charge in [0.05, 0.1) is 0 Å². The average molecular weight is 225 g/mol. The predicted octanol–water partition coefficient (Wildman–Crippen LogP) is 4.37. The summed E-state index contributed by atoms with van der Waals surface area (Å²) in [6.45, 7) is 8.07. The summed E-state index contributed by atoms with van der Waals surface area (Å²) in [4.78, 5) is 0. The van der Waals surface area contributed by atoms with Crippen LogP contribution in [0.3, 0.4) is 0 Å². The van der Waals surface area contributed by atoms with Crippen molar-refractivity contribution in [1.82, 2.24) is 5.32 Å². The SMILES string of the molecule is CCNC(CCC(C)C)C1CCCCCC1. The van der Waals surface area contributed by atoms with Crippen LogP contribution in [-0.4, -0.2) is 12.6 Å². The van der Waals surface area contributed by atoms with Crippen LogP contribution in [-0.2, 0) is 0 Å². The van der Waals surface area contributed by atoms with E-state index < -0.39 is 0 Å². The maximum absolute atomic E-state index is 3.74. The molecule has 1 aliphatic rings. The lowest BCUT2D eigenvalue weighted by atomic mass is 9.87. The molecule has 0 amide bonds. The first-order valence-corrected chi connectivity index (χ1v) is 7.47. The van der Waals surface area contributed by atoms with E-state index in [1.807, 2.05) is 0 Å². The Bertz CT molecular complexity index is 157. The minimum atomic E-state index is 0.797. The molecule has 1 atom stereocenters. The Balaban J connectivity index is 2.39. The van der Waals surface area contributed by atoms with Crippen LogP contribution in [0.5, 0.6) is 0 Å². The first-order valence-electron chi connectivity index (χ1n) is 7.47. The average Bonchev–Trinajstić information content (AvgIpc) is 2.52. The highest BCUT2D eigenvalue weighted by Gasteiger charge is 2.21. The first kappa shape index (κ1) is 14.0. The third-order valence-electron chi connectivity index (χ3n) is 3.99. The van der Waals surface area contributed by atoms with E-state index in [2.05, 4.69) is 26.1 Å². The van der Waals surface area contributed by atoms with Crippen LogP contribution in [0.15, 0.2) is 0 Å². The van der Waals surface area contributed by atoms with Crippen molar-refractivity contribution in [2.45, 2.75) is 78.2 Å². The Morgan fingerprint density at radius 1 is 1.00 bits per heavy atom. The van der Waals surface area contributed by atoms with E-state index in [0.717, 1.165) is 24.4 Å². The van der Waals surface area contributed by atoms with E-state index in [9.17, 15) is 0 Å². The summed E-state index contributed by atoms with van der Waals surface area (Å²) in [5.41, 5.74) is 0. The van der Waals surface area contributed by atoms with E-state index in [0.29, 0.717) is 0 Å². The molecule has 0 heterocycles. The molecule has 96 valence electrons. The molecule has 0 bridgehead atoms. The molecule has 0 aromatic rings. The summed E-state index contributed by atoms with van der Waals surface area (Å²) in [5, 5.41) is 3.74. The van der Waals surface area contributed by atoms with Crippen molar-refractivity contribution in [1.29, 1.82) is 0 Å². The van der Waals surface area contributed by atoms with Crippen LogP contribution in [0.1, 0.15) is 72.1 Å². The third kappa shape index (κ3) is 5.34. The fourth-order valence-corrected chi connectivity index (χ4v) is 2.99. The Morgan fingerprint density at radius 2 is 1.62 bits per heavy atom. The van der Waals surface area contributed by atoms with Gasteiger partial charge in [0.1, 0.15) is 0 Å². The molecule has 0 saturated heterocycles. The molecule has 1 aliphatic carbocycles. The van der Waals surface area contributed by atoms with Gasteiger partial charge < -0.3 is 5.32 Å². The Morgan fingerprint density at radius 3 is 2.12 bits per heavy atom. The first-order chi connectivity index (χ1) is 7.74. The number of hydrogen-bond donors (Lipinski definition) is 1. The molecule has 16 heavy (non-hydrogen) atoms. The predicted molar refractivity (Wildman–Crippen MR) is 72.7 cm³/mol. The van der Waals surface area contributed by atoms with Crippen molar-refractivity contribution in [2.75, 3.05) is 6.54 Å². The molecule has 0 aromatic heterocycles. The van der Waals surface area contributed by atoms with Gasteiger partial charge in [0, 0.05) is 6.04 Å². The minimum absolute atomic E-state index is 0.797. The Hall–Kier alpha value is -0.0400. The van der Waals surface area contributed by atoms with Crippen LogP contribution in [0.25, 0.3) is 0 Å². The van der Waals surface area contributed by atoms with Gasteiger partial charge in [-0.05, 0) is 44.1 Å². The van der Waals surface area contributed by atoms with Gasteiger partial charge in [0.2, 0.25) is 0 Å². The zero-order valence-electron chi connectivity index (χ0n) is 11.6. The van der Waals surface area contributed by atoms with Crippen LogP contribution < -0.4 is 5.32 Å². The second kappa shape index (κ2) is 8.11. The topological polar surface area (TPSA) is 12.0 Å². The van der Waals surface area contributed by atoms with Crippen molar-refractivity contribution in [3.05, 3.63) is 0 Å². The lowest BCUT2D eigenvalue weighted by molar-refractivity contribution is 0.293. The van der Waals surface area contributed by atoms with Gasteiger partial charge in [0.25, 0.3) is 0 Å². The molecule has 1 nitrogen and oxygen atoms in total. The monoisotopic (exact) mass is 225 g/mol. The van der Waals surface area contributed by atoms with Crippen LogP contribution in [0.2, 0.25) is 0 Å². The second-order valence-electron chi connectivity index (χ2n) is 5.89. The largest absolute Gasteiger partial charge is 0.314 e. The lowest BCUT2D eigenvalue weighted by Crippen LogP contribution is -2.36. The van der Waals surface area contributed by atoms with E-state index in [1.165, 1.54) is 51.4 Å². The maximum atomic E-state index is 3.74. The Kier molecular flexibility index (Phi) is 7.11. The van der Waals surface area contributed by atoms with Crippen molar-refractivity contribution >= 4 is 0 Å². The van der Waals surface area contributed by atoms with E-state index in [1.54, 1.807) is 0 Å². The van der Waals surface area contributed by atoms with Crippen LogP contribution in [0.4, 0.5) is 0 Å². The van der Waals surface area contributed by atoms with Gasteiger partial charge in [-0.3, -0.25) is 0 Å². The highest BCUT2D eigenvalue weighted by atomic mass is 14.9. The zero-order chi connectivity index (χ0) is 11.8. The summed E-state index contributed by atoms with van der Waals surface area (Å²) in [5.74, 6) is 1.81. The molecule has 1 unspecified atom stereocenters. The molecule has 1 rings (SSSR count). The number of rotatable bonds is 6. The molecule has 1 N–H and O–H groups in total. The van der Waals surface area contributed by atoms with Gasteiger partial charge in [-0.1, -0.05) is 46.5 Å². The van der Waals surface area contributed by atoms with Crippen molar-refractivity contribution in [2.24, 2.45) is 11.8 Å². The summed E-state index contributed by atoms with van der Waals surface area (Å²) in [6.07, 6.45) is 11.6. The lowest BCUT2D eigenvalue weighted by Gasteiger charge is -2.27. The van der Waals surface area contributed by atoms with Gasteiger partial charge in [-0.15, -0.1) is 0 Å². The van der Waals surface area contributed by atoms with Crippen molar-refractivity contribution in [3.63, 3.8) is 0 Å². The van der Waals surface area contributed by atoms with Gasteiger partial charge in [0.15, 0.2) is 0 Å². The number of hydrogen-bond acceptors (Lipinski definition) is 1. The van der Waals surface area contributed by atoms with Crippen molar-refractivity contribution in [3.8, 4) is 0 Å². The molecule has 0 aromatic carbocycles. The minimum Gasteiger partial charge on any atom is -0.314 e. The Labute approximate surface area is 102 Å². The maximum Gasteiger partial charge on any atom is 0.00953 e. The molecule has 0 spiro atoms. The quantitative estimate of drug-likeness (QED) is 0.662. The van der Waals surface area contributed by atoms with E-state index in [-0.39, 0.29) is 0 Å².